The van der Waals surface area contributed by atoms with Gasteiger partial charge < -0.3 is 5.32 Å². The summed E-state index contributed by atoms with van der Waals surface area (Å²) in [6.07, 6.45) is 1.14. The number of benzene rings is 1. The zero-order valence-electron chi connectivity index (χ0n) is 11.6. The smallest absolute Gasteiger partial charge is 0.0386 e. The average Bonchev–Trinajstić information content (AvgIpc) is 2.93. The highest BCUT2D eigenvalue weighted by atomic mass is 32.2. The summed E-state index contributed by atoms with van der Waals surface area (Å²) in [6, 6.07) is 15.5. The van der Waals surface area contributed by atoms with Crippen molar-refractivity contribution in [1.82, 2.24) is 5.32 Å². The molecule has 102 valence electrons. The second-order valence-corrected chi connectivity index (χ2v) is 6.86. The zero-order chi connectivity index (χ0) is 13.5. The third-order valence-electron chi connectivity index (χ3n) is 3.02. The van der Waals surface area contributed by atoms with E-state index in [0.717, 1.165) is 18.7 Å². The molecule has 1 heterocycles. The molecule has 1 aromatic heterocycles. The van der Waals surface area contributed by atoms with Crippen LogP contribution in [0.1, 0.15) is 29.6 Å². The van der Waals surface area contributed by atoms with Crippen molar-refractivity contribution in [3.05, 3.63) is 52.2 Å². The van der Waals surface area contributed by atoms with Crippen molar-refractivity contribution >= 4 is 23.1 Å². The minimum Gasteiger partial charge on any atom is -0.309 e. The molecule has 1 nitrogen and oxygen atoms in total. The second kappa shape index (κ2) is 7.73. The molecule has 0 saturated carbocycles. The number of hydrogen-bond donors (Lipinski definition) is 1. The highest BCUT2D eigenvalue weighted by Gasteiger charge is 2.07. The van der Waals surface area contributed by atoms with Crippen molar-refractivity contribution in [2.75, 3.05) is 12.3 Å². The third-order valence-corrected chi connectivity index (χ3v) is 5.45. The molecule has 1 unspecified atom stereocenters. The molecule has 0 aliphatic carbocycles. The molecule has 0 aliphatic heterocycles. The topological polar surface area (TPSA) is 12.0 Å². The maximum Gasteiger partial charge on any atom is 0.0386 e. The number of rotatable bonds is 7. The average molecular weight is 291 g/mol. The van der Waals surface area contributed by atoms with Crippen molar-refractivity contribution in [3.63, 3.8) is 0 Å². The van der Waals surface area contributed by atoms with E-state index in [0.29, 0.717) is 6.04 Å². The normalized spacial score (nSPS) is 12.5. The molecule has 0 amide bonds. The summed E-state index contributed by atoms with van der Waals surface area (Å²) in [7, 11) is 0. The first-order chi connectivity index (χ1) is 9.29. The minimum absolute atomic E-state index is 0.460. The monoisotopic (exact) mass is 291 g/mol. The molecule has 3 heteroatoms. The summed E-state index contributed by atoms with van der Waals surface area (Å²) in [5.74, 6) is 1.11. The van der Waals surface area contributed by atoms with Gasteiger partial charge in [0.1, 0.15) is 0 Å². The maximum atomic E-state index is 3.60. The van der Waals surface area contributed by atoms with Crippen LogP contribution in [0.4, 0.5) is 0 Å². The first kappa shape index (κ1) is 14.6. The first-order valence-corrected chi connectivity index (χ1v) is 8.59. The van der Waals surface area contributed by atoms with Gasteiger partial charge >= 0.3 is 0 Å². The number of nitrogens with one attached hydrogen (secondary N) is 1. The van der Waals surface area contributed by atoms with Crippen LogP contribution in [-0.2, 0) is 6.42 Å². The van der Waals surface area contributed by atoms with E-state index >= 15 is 0 Å². The predicted octanol–water partition coefficient (Wildman–Crippen LogP) is 4.75. The van der Waals surface area contributed by atoms with Crippen LogP contribution in [0.15, 0.2) is 47.4 Å². The number of thioether (sulfide) groups is 1. The third kappa shape index (κ3) is 4.68. The van der Waals surface area contributed by atoms with Crippen molar-refractivity contribution in [1.29, 1.82) is 0 Å². The fourth-order valence-corrected chi connectivity index (χ4v) is 3.66. The largest absolute Gasteiger partial charge is 0.309 e. The Bertz CT molecular complexity index is 479. The van der Waals surface area contributed by atoms with Gasteiger partial charge in [0.2, 0.25) is 0 Å². The van der Waals surface area contributed by atoms with Crippen LogP contribution < -0.4 is 5.32 Å². The van der Waals surface area contributed by atoms with E-state index in [-0.39, 0.29) is 0 Å². The molecule has 0 fully saturated rings. The Morgan fingerprint density at radius 1 is 1.16 bits per heavy atom. The molecule has 1 atom stereocenters. The Morgan fingerprint density at radius 3 is 2.63 bits per heavy atom. The first-order valence-electron chi connectivity index (χ1n) is 6.79. The van der Waals surface area contributed by atoms with E-state index in [1.807, 2.05) is 23.1 Å². The highest BCUT2D eigenvalue weighted by Crippen LogP contribution is 2.23. The molecule has 2 rings (SSSR count). The van der Waals surface area contributed by atoms with E-state index in [4.69, 9.17) is 0 Å². The Morgan fingerprint density at radius 2 is 1.95 bits per heavy atom. The quantitative estimate of drug-likeness (QED) is 0.583. The van der Waals surface area contributed by atoms with Gasteiger partial charge in [-0.1, -0.05) is 25.1 Å². The Labute approximate surface area is 124 Å². The van der Waals surface area contributed by atoms with Crippen molar-refractivity contribution in [2.45, 2.75) is 31.2 Å². The lowest BCUT2D eigenvalue weighted by atomic mass is 10.2. The number of thiophene rings is 1. The Balaban J connectivity index is 1.70. The SMILES string of the molecule is CCc1ccc(C(C)NCCSc2ccccc2)s1. The van der Waals surface area contributed by atoms with Gasteiger partial charge in [-0.3, -0.25) is 0 Å². The van der Waals surface area contributed by atoms with Crippen LogP contribution in [0.25, 0.3) is 0 Å². The number of aryl methyl sites for hydroxylation is 1. The molecule has 0 saturated heterocycles. The summed E-state index contributed by atoms with van der Waals surface area (Å²) >= 11 is 3.83. The number of hydrogen-bond acceptors (Lipinski definition) is 3. The Hall–Kier alpha value is -0.770. The van der Waals surface area contributed by atoms with E-state index in [9.17, 15) is 0 Å². The van der Waals surface area contributed by atoms with Crippen LogP contribution >= 0.6 is 23.1 Å². The van der Waals surface area contributed by atoms with Crippen LogP contribution in [-0.4, -0.2) is 12.3 Å². The van der Waals surface area contributed by atoms with Gasteiger partial charge in [0, 0.05) is 33.0 Å². The van der Waals surface area contributed by atoms with Crippen LogP contribution in [0.2, 0.25) is 0 Å². The summed E-state index contributed by atoms with van der Waals surface area (Å²) in [5, 5.41) is 3.60. The molecule has 1 N–H and O–H groups in total. The van der Waals surface area contributed by atoms with E-state index in [1.54, 1.807) is 0 Å². The molecule has 0 spiro atoms. The highest BCUT2D eigenvalue weighted by molar-refractivity contribution is 7.99. The fourth-order valence-electron chi connectivity index (χ4n) is 1.88. The van der Waals surface area contributed by atoms with Crippen LogP contribution in [0.5, 0.6) is 0 Å². The maximum absolute atomic E-state index is 3.60. The lowest BCUT2D eigenvalue weighted by Gasteiger charge is -2.11. The summed E-state index contributed by atoms with van der Waals surface area (Å²) in [6.45, 7) is 5.50. The van der Waals surface area contributed by atoms with E-state index in [1.165, 1.54) is 14.6 Å². The van der Waals surface area contributed by atoms with Gasteiger partial charge in [-0.2, -0.15) is 0 Å². The van der Waals surface area contributed by atoms with Gasteiger partial charge in [-0.05, 0) is 37.6 Å². The van der Waals surface area contributed by atoms with Crippen molar-refractivity contribution in [2.24, 2.45) is 0 Å². The lowest BCUT2D eigenvalue weighted by molar-refractivity contribution is 0.610. The molecule has 0 aliphatic rings. The van der Waals surface area contributed by atoms with Crippen molar-refractivity contribution in [3.8, 4) is 0 Å². The van der Waals surface area contributed by atoms with Crippen LogP contribution in [0, 0.1) is 0 Å². The van der Waals surface area contributed by atoms with Crippen LogP contribution in [0.3, 0.4) is 0 Å². The lowest BCUT2D eigenvalue weighted by Crippen LogP contribution is -2.20. The summed E-state index contributed by atoms with van der Waals surface area (Å²) < 4.78 is 0. The predicted molar refractivity (Wildman–Crippen MR) is 87.3 cm³/mol. The summed E-state index contributed by atoms with van der Waals surface area (Å²) in [5.41, 5.74) is 0. The molecule has 19 heavy (non-hydrogen) atoms. The molecule has 1 aromatic carbocycles. The van der Waals surface area contributed by atoms with Gasteiger partial charge in [0.05, 0.1) is 0 Å². The minimum atomic E-state index is 0.460. The Kier molecular flexibility index (Phi) is 5.95. The van der Waals surface area contributed by atoms with Gasteiger partial charge in [0.15, 0.2) is 0 Å². The zero-order valence-corrected chi connectivity index (χ0v) is 13.2. The van der Waals surface area contributed by atoms with E-state index in [2.05, 4.69) is 61.6 Å². The summed E-state index contributed by atoms with van der Waals surface area (Å²) in [4.78, 5) is 4.27. The molecule has 0 radical (unpaired) electrons. The standard InChI is InChI=1S/C16H21NS2/c1-3-14-9-10-16(19-14)13(2)17-11-12-18-15-7-5-4-6-8-15/h4-10,13,17H,3,11-12H2,1-2H3. The van der Waals surface area contributed by atoms with Crippen molar-refractivity contribution < 1.29 is 0 Å². The second-order valence-electron chi connectivity index (χ2n) is 4.49. The fraction of sp³-hybridized carbons (Fsp3) is 0.375. The molecule has 0 bridgehead atoms. The van der Waals surface area contributed by atoms with Gasteiger partial charge in [-0.25, -0.2) is 0 Å². The molecular formula is C16H21NS2. The van der Waals surface area contributed by atoms with Gasteiger partial charge in [-0.15, -0.1) is 23.1 Å². The van der Waals surface area contributed by atoms with E-state index < -0.39 is 0 Å². The molecular weight excluding hydrogens is 270 g/mol. The molecule has 2 aromatic rings. The van der Waals surface area contributed by atoms with Gasteiger partial charge in [0.25, 0.3) is 0 Å².